The number of hydrogen-bond acceptors (Lipinski definition) is 6. The zero-order valence-electron chi connectivity index (χ0n) is 16.7. The highest BCUT2D eigenvalue weighted by Crippen LogP contribution is 2.31. The standard InChI is InChI=1S/C22H19ClFN3O3S/c1-13(28)15-4-9-19(18(24)10-15)31-12-21(29)27(17-7-8-17)11-20-25-26-22(30-20)14-2-5-16(23)6-3-14/h2-6,9-10,17H,7-8,11-12H2,1H3. The fourth-order valence-corrected chi connectivity index (χ4v) is 3.97. The summed E-state index contributed by atoms with van der Waals surface area (Å²) in [5.41, 5.74) is 1.05. The van der Waals surface area contributed by atoms with Crippen molar-refractivity contribution in [1.29, 1.82) is 0 Å². The molecule has 1 aromatic heterocycles. The first kappa shape index (κ1) is 21.5. The number of Topliss-reactive ketones (excluding diaryl/α,β-unsaturated/α-hetero) is 1. The van der Waals surface area contributed by atoms with E-state index in [9.17, 15) is 14.0 Å². The van der Waals surface area contributed by atoms with Crippen molar-refractivity contribution in [3.05, 3.63) is 64.8 Å². The van der Waals surface area contributed by atoms with Gasteiger partial charge in [-0.05, 0) is 56.2 Å². The lowest BCUT2D eigenvalue weighted by molar-refractivity contribution is -0.129. The van der Waals surface area contributed by atoms with Crippen LogP contribution in [0.5, 0.6) is 0 Å². The zero-order valence-corrected chi connectivity index (χ0v) is 18.3. The summed E-state index contributed by atoms with van der Waals surface area (Å²) in [5.74, 6) is -0.0693. The summed E-state index contributed by atoms with van der Waals surface area (Å²) < 4.78 is 20.0. The third-order valence-electron chi connectivity index (χ3n) is 4.86. The van der Waals surface area contributed by atoms with Gasteiger partial charge in [0.05, 0.1) is 12.3 Å². The van der Waals surface area contributed by atoms with Gasteiger partial charge in [0.15, 0.2) is 5.78 Å². The van der Waals surface area contributed by atoms with E-state index < -0.39 is 5.82 Å². The molecule has 0 unspecified atom stereocenters. The molecule has 2 aromatic carbocycles. The highest BCUT2D eigenvalue weighted by atomic mass is 35.5. The normalized spacial score (nSPS) is 13.3. The van der Waals surface area contributed by atoms with Crippen LogP contribution in [0.1, 0.15) is 36.0 Å². The average Bonchev–Trinajstić information content (AvgIpc) is 3.49. The minimum atomic E-state index is -0.507. The molecular weight excluding hydrogens is 441 g/mol. The van der Waals surface area contributed by atoms with Crippen molar-refractivity contribution in [2.24, 2.45) is 0 Å². The van der Waals surface area contributed by atoms with Crippen LogP contribution in [-0.2, 0) is 11.3 Å². The van der Waals surface area contributed by atoms with Crippen molar-refractivity contribution >= 4 is 35.1 Å². The van der Waals surface area contributed by atoms with Crippen LogP contribution in [-0.4, -0.2) is 38.6 Å². The van der Waals surface area contributed by atoms with Gasteiger partial charge in [0.1, 0.15) is 5.82 Å². The lowest BCUT2D eigenvalue weighted by Gasteiger charge is -2.20. The molecule has 1 saturated carbocycles. The van der Waals surface area contributed by atoms with Gasteiger partial charge in [-0.2, -0.15) is 0 Å². The minimum Gasteiger partial charge on any atom is -0.419 e. The van der Waals surface area contributed by atoms with Crippen molar-refractivity contribution in [2.45, 2.75) is 37.2 Å². The number of benzene rings is 2. The average molecular weight is 460 g/mol. The molecule has 3 aromatic rings. The van der Waals surface area contributed by atoms with E-state index in [1.165, 1.54) is 19.1 Å². The summed E-state index contributed by atoms with van der Waals surface area (Å²) in [5, 5.41) is 8.73. The second-order valence-electron chi connectivity index (χ2n) is 7.25. The summed E-state index contributed by atoms with van der Waals surface area (Å²) in [6, 6.07) is 11.5. The van der Waals surface area contributed by atoms with Gasteiger partial charge in [-0.25, -0.2) is 4.39 Å². The van der Waals surface area contributed by atoms with Crippen molar-refractivity contribution in [2.75, 3.05) is 5.75 Å². The van der Waals surface area contributed by atoms with E-state index in [1.807, 2.05) is 0 Å². The van der Waals surface area contributed by atoms with Crippen LogP contribution in [0.2, 0.25) is 5.02 Å². The summed E-state index contributed by atoms with van der Waals surface area (Å²) in [7, 11) is 0. The lowest BCUT2D eigenvalue weighted by atomic mass is 10.1. The first-order valence-corrected chi connectivity index (χ1v) is 11.1. The Hall–Kier alpha value is -2.71. The van der Waals surface area contributed by atoms with Crippen LogP contribution >= 0.6 is 23.4 Å². The van der Waals surface area contributed by atoms with E-state index in [2.05, 4.69) is 10.2 Å². The Morgan fingerprint density at radius 1 is 1.19 bits per heavy atom. The molecule has 9 heteroatoms. The molecule has 31 heavy (non-hydrogen) atoms. The number of rotatable bonds is 8. The van der Waals surface area contributed by atoms with Crippen molar-refractivity contribution < 1.29 is 18.4 Å². The third-order valence-corrected chi connectivity index (χ3v) is 6.15. The maximum atomic E-state index is 14.2. The molecule has 0 atom stereocenters. The van der Waals surface area contributed by atoms with Gasteiger partial charge in [0.25, 0.3) is 0 Å². The SMILES string of the molecule is CC(=O)c1ccc(SCC(=O)N(Cc2nnc(-c3ccc(Cl)cc3)o2)C2CC2)c(F)c1. The molecule has 6 nitrogen and oxygen atoms in total. The molecule has 1 aliphatic rings. The molecule has 0 N–H and O–H groups in total. The van der Waals surface area contributed by atoms with Gasteiger partial charge < -0.3 is 9.32 Å². The number of hydrogen-bond donors (Lipinski definition) is 0. The molecule has 0 radical (unpaired) electrons. The van der Waals surface area contributed by atoms with Gasteiger partial charge in [-0.1, -0.05) is 17.7 Å². The molecule has 1 aliphatic carbocycles. The van der Waals surface area contributed by atoms with Gasteiger partial charge in [-0.15, -0.1) is 22.0 Å². The van der Waals surface area contributed by atoms with Crippen LogP contribution < -0.4 is 0 Å². The van der Waals surface area contributed by atoms with Crippen LogP contribution in [0.4, 0.5) is 4.39 Å². The fraction of sp³-hybridized carbons (Fsp3) is 0.273. The van der Waals surface area contributed by atoms with Crippen molar-refractivity contribution in [3.63, 3.8) is 0 Å². The second-order valence-corrected chi connectivity index (χ2v) is 8.70. The molecule has 1 fully saturated rings. The minimum absolute atomic E-state index is 0.0744. The van der Waals surface area contributed by atoms with Gasteiger partial charge in [0.2, 0.25) is 17.7 Å². The molecular formula is C22H19ClFN3O3S. The first-order chi connectivity index (χ1) is 14.9. The van der Waals surface area contributed by atoms with E-state index in [1.54, 1.807) is 35.2 Å². The number of halogens is 2. The molecule has 0 bridgehead atoms. The van der Waals surface area contributed by atoms with E-state index >= 15 is 0 Å². The zero-order chi connectivity index (χ0) is 22.0. The topological polar surface area (TPSA) is 76.3 Å². The van der Waals surface area contributed by atoms with Crippen molar-refractivity contribution in [3.8, 4) is 11.5 Å². The van der Waals surface area contributed by atoms with Crippen LogP contribution in [0, 0.1) is 5.82 Å². The number of carbonyl (C=O) groups excluding carboxylic acids is 2. The molecule has 1 heterocycles. The van der Waals surface area contributed by atoms with E-state index in [0.717, 1.165) is 30.2 Å². The summed E-state index contributed by atoms with van der Waals surface area (Å²) in [6.45, 7) is 1.59. The van der Waals surface area contributed by atoms with Gasteiger partial charge in [0, 0.05) is 27.1 Å². The number of nitrogens with zero attached hydrogens (tertiary/aromatic N) is 3. The predicted molar refractivity (Wildman–Crippen MR) is 115 cm³/mol. The Labute approximate surface area is 187 Å². The Bertz CT molecular complexity index is 1120. The quantitative estimate of drug-likeness (QED) is 0.348. The largest absolute Gasteiger partial charge is 0.419 e. The molecule has 0 aliphatic heterocycles. The highest BCUT2D eigenvalue weighted by Gasteiger charge is 2.33. The predicted octanol–water partition coefficient (Wildman–Crippen LogP) is 5.02. The number of carbonyl (C=O) groups is 2. The third kappa shape index (κ3) is 5.32. The Balaban J connectivity index is 1.41. The Kier molecular flexibility index (Phi) is 6.38. The molecule has 4 rings (SSSR count). The summed E-state index contributed by atoms with van der Waals surface area (Å²) in [6.07, 6.45) is 1.83. The number of amides is 1. The second kappa shape index (κ2) is 9.20. The van der Waals surface area contributed by atoms with Crippen molar-refractivity contribution in [1.82, 2.24) is 15.1 Å². The molecule has 160 valence electrons. The molecule has 0 saturated heterocycles. The Morgan fingerprint density at radius 3 is 2.58 bits per heavy atom. The monoisotopic (exact) mass is 459 g/mol. The molecule has 0 spiro atoms. The van der Waals surface area contributed by atoms with E-state index in [4.69, 9.17) is 16.0 Å². The number of thioether (sulfide) groups is 1. The summed E-state index contributed by atoms with van der Waals surface area (Å²) in [4.78, 5) is 26.2. The molecule has 1 amide bonds. The van der Waals surface area contributed by atoms with Crippen LogP contribution in [0.25, 0.3) is 11.5 Å². The number of ketones is 1. The maximum absolute atomic E-state index is 14.2. The fourth-order valence-electron chi connectivity index (χ4n) is 3.04. The van der Waals surface area contributed by atoms with E-state index in [0.29, 0.717) is 27.3 Å². The van der Waals surface area contributed by atoms with Crippen LogP contribution in [0.3, 0.4) is 0 Å². The Morgan fingerprint density at radius 2 is 1.94 bits per heavy atom. The summed E-state index contributed by atoms with van der Waals surface area (Å²) >= 11 is 7.01. The lowest BCUT2D eigenvalue weighted by Crippen LogP contribution is -2.34. The maximum Gasteiger partial charge on any atom is 0.247 e. The van der Waals surface area contributed by atoms with Gasteiger partial charge in [-0.3, -0.25) is 9.59 Å². The van der Waals surface area contributed by atoms with Crippen LogP contribution in [0.15, 0.2) is 51.8 Å². The van der Waals surface area contributed by atoms with Gasteiger partial charge >= 0.3 is 0 Å². The van der Waals surface area contributed by atoms with E-state index in [-0.39, 0.29) is 30.0 Å². The first-order valence-electron chi connectivity index (χ1n) is 9.72. The highest BCUT2D eigenvalue weighted by molar-refractivity contribution is 8.00. The smallest absolute Gasteiger partial charge is 0.247 e. The number of aromatic nitrogens is 2.